The number of rotatable bonds is 4. The average molecular weight is 271 g/mol. The molecule has 1 aromatic carbocycles. The van der Waals surface area contributed by atoms with Crippen molar-refractivity contribution in [3.05, 3.63) is 53.3 Å². The fourth-order valence-electron chi connectivity index (χ4n) is 2.15. The van der Waals surface area contributed by atoms with E-state index in [2.05, 4.69) is 68.6 Å². The summed E-state index contributed by atoms with van der Waals surface area (Å²) in [6.07, 6.45) is 4.05. The first-order valence-corrected chi connectivity index (χ1v) is 7.19. The van der Waals surface area contributed by atoms with E-state index in [9.17, 15) is 0 Å². The lowest BCUT2D eigenvalue weighted by Gasteiger charge is -2.19. The Kier molecular flexibility index (Phi) is 4.29. The van der Waals surface area contributed by atoms with Gasteiger partial charge in [-0.15, -0.1) is 0 Å². The van der Waals surface area contributed by atoms with Crippen LogP contribution in [-0.4, -0.2) is 16.8 Å². The van der Waals surface area contributed by atoms with Crippen LogP contribution in [0.5, 0.6) is 0 Å². The lowest BCUT2D eigenvalue weighted by molar-refractivity contribution is 0.589. The molecule has 0 amide bonds. The third kappa shape index (κ3) is 3.48. The third-order valence-electron chi connectivity index (χ3n) is 3.75. The highest BCUT2D eigenvalue weighted by Gasteiger charge is 2.13. The number of hydrogen-bond acceptors (Lipinski definition) is 2. The Balaban J connectivity index is 2.08. The van der Waals surface area contributed by atoms with E-state index in [0.717, 1.165) is 6.54 Å². The number of nitrogens with zero attached hydrogens (tertiary/aromatic N) is 2. The minimum absolute atomic E-state index is 0.208. The van der Waals surface area contributed by atoms with Gasteiger partial charge in [0.05, 0.1) is 12.7 Å². The van der Waals surface area contributed by atoms with E-state index in [4.69, 9.17) is 0 Å². The summed E-state index contributed by atoms with van der Waals surface area (Å²) in [5, 5.41) is 7.66. The summed E-state index contributed by atoms with van der Waals surface area (Å²) >= 11 is 0. The van der Waals surface area contributed by atoms with Gasteiger partial charge >= 0.3 is 0 Å². The van der Waals surface area contributed by atoms with Crippen molar-refractivity contribution in [1.82, 2.24) is 15.1 Å². The van der Waals surface area contributed by atoms with Crippen molar-refractivity contribution >= 4 is 0 Å². The Morgan fingerprint density at radius 1 is 1.20 bits per heavy atom. The van der Waals surface area contributed by atoms with Gasteiger partial charge in [0.15, 0.2) is 0 Å². The molecule has 108 valence electrons. The van der Waals surface area contributed by atoms with Crippen LogP contribution < -0.4 is 5.32 Å². The van der Waals surface area contributed by atoms with Crippen molar-refractivity contribution in [2.75, 3.05) is 7.05 Å². The van der Waals surface area contributed by atoms with Crippen LogP contribution in [0.4, 0.5) is 0 Å². The van der Waals surface area contributed by atoms with Gasteiger partial charge < -0.3 is 5.32 Å². The first-order valence-electron chi connectivity index (χ1n) is 7.19. The predicted molar refractivity (Wildman–Crippen MR) is 83.9 cm³/mol. The highest BCUT2D eigenvalue weighted by molar-refractivity contribution is 5.27. The fraction of sp³-hybridized carbons (Fsp3) is 0.471. The summed E-state index contributed by atoms with van der Waals surface area (Å²) in [7, 11) is 1.97. The molecule has 0 aliphatic heterocycles. The molecule has 20 heavy (non-hydrogen) atoms. The molecule has 0 radical (unpaired) electrons. The van der Waals surface area contributed by atoms with Gasteiger partial charge in [-0.3, -0.25) is 4.68 Å². The van der Waals surface area contributed by atoms with Gasteiger partial charge in [-0.05, 0) is 30.5 Å². The van der Waals surface area contributed by atoms with Crippen molar-refractivity contribution in [3.63, 3.8) is 0 Å². The average Bonchev–Trinajstić information content (AvgIpc) is 2.86. The summed E-state index contributed by atoms with van der Waals surface area (Å²) in [6, 6.07) is 9.17. The first kappa shape index (κ1) is 14.8. The second-order valence-corrected chi connectivity index (χ2v) is 6.43. The van der Waals surface area contributed by atoms with Gasteiger partial charge in [0.25, 0.3) is 0 Å². The molecule has 0 aliphatic carbocycles. The zero-order chi connectivity index (χ0) is 14.8. The van der Waals surface area contributed by atoms with E-state index in [1.54, 1.807) is 0 Å². The minimum atomic E-state index is 0.208. The Morgan fingerprint density at radius 2 is 1.85 bits per heavy atom. The lowest BCUT2D eigenvalue weighted by Crippen LogP contribution is -2.11. The molecule has 3 nitrogen and oxygen atoms in total. The number of hydrogen-bond donors (Lipinski definition) is 1. The van der Waals surface area contributed by atoms with Crippen molar-refractivity contribution in [2.45, 2.75) is 45.7 Å². The molecule has 1 aromatic heterocycles. The van der Waals surface area contributed by atoms with Crippen LogP contribution in [0.2, 0.25) is 0 Å². The van der Waals surface area contributed by atoms with E-state index in [1.807, 2.05) is 17.9 Å². The molecule has 0 saturated heterocycles. The molecule has 0 fully saturated rings. The van der Waals surface area contributed by atoms with Crippen LogP contribution in [0.25, 0.3) is 0 Å². The summed E-state index contributed by atoms with van der Waals surface area (Å²) in [6.45, 7) is 9.67. The highest BCUT2D eigenvalue weighted by Crippen LogP contribution is 2.22. The largest absolute Gasteiger partial charge is 0.313 e. The monoisotopic (exact) mass is 271 g/mol. The molecule has 1 atom stereocenters. The maximum absolute atomic E-state index is 4.43. The summed E-state index contributed by atoms with van der Waals surface area (Å²) in [5.41, 5.74) is 4.08. The van der Waals surface area contributed by atoms with Crippen LogP contribution in [0, 0.1) is 0 Å². The van der Waals surface area contributed by atoms with Crippen molar-refractivity contribution in [3.8, 4) is 0 Å². The Hall–Kier alpha value is -1.61. The van der Waals surface area contributed by atoms with Gasteiger partial charge in [0.2, 0.25) is 0 Å². The van der Waals surface area contributed by atoms with Gasteiger partial charge in [0, 0.05) is 17.8 Å². The number of benzene rings is 1. The predicted octanol–water partition coefficient (Wildman–Crippen LogP) is 3.51. The standard InChI is InChI=1S/C17H25N3/c1-13(18-5)15-10-19-20(12-15)11-14-6-8-16(9-7-14)17(2,3)4/h6-10,12-13,18H,11H2,1-5H3. The van der Waals surface area contributed by atoms with Crippen LogP contribution in [-0.2, 0) is 12.0 Å². The summed E-state index contributed by atoms with van der Waals surface area (Å²) in [4.78, 5) is 0. The highest BCUT2D eigenvalue weighted by atomic mass is 15.3. The van der Waals surface area contributed by atoms with Gasteiger partial charge in [-0.2, -0.15) is 5.10 Å². The number of aromatic nitrogens is 2. The van der Waals surface area contributed by atoms with Gasteiger partial charge in [0.1, 0.15) is 0 Å². The SMILES string of the molecule is CNC(C)c1cnn(Cc2ccc(C(C)(C)C)cc2)c1. The van der Waals surface area contributed by atoms with E-state index in [0.29, 0.717) is 6.04 Å². The quantitative estimate of drug-likeness (QED) is 0.922. The van der Waals surface area contributed by atoms with Crippen LogP contribution in [0.1, 0.15) is 50.4 Å². The molecular weight excluding hydrogens is 246 g/mol. The number of nitrogens with one attached hydrogen (secondary N) is 1. The molecule has 0 bridgehead atoms. The molecule has 0 saturated carbocycles. The fourth-order valence-corrected chi connectivity index (χ4v) is 2.15. The van der Waals surface area contributed by atoms with Crippen molar-refractivity contribution in [1.29, 1.82) is 0 Å². The van der Waals surface area contributed by atoms with E-state index in [1.165, 1.54) is 16.7 Å². The molecule has 2 rings (SSSR count). The van der Waals surface area contributed by atoms with E-state index >= 15 is 0 Å². The molecule has 1 unspecified atom stereocenters. The zero-order valence-electron chi connectivity index (χ0n) is 13.1. The molecule has 0 spiro atoms. The van der Waals surface area contributed by atoms with Crippen LogP contribution in [0.15, 0.2) is 36.7 Å². The molecule has 0 aliphatic rings. The van der Waals surface area contributed by atoms with Crippen LogP contribution >= 0.6 is 0 Å². The minimum Gasteiger partial charge on any atom is -0.313 e. The Labute approximate surface area is 122 Å². The molecular formula is C17H25N3. The van der Waals surface area contributed by atoms with Gasteiger partial charge in [-0.25, -0.2) is 0 Å². The Bertz CT molecular complexity index is 546. The van der Waals surface area contributed by atoms with E-state index in [-0.39, 0.29) is 5.41 Å². The van der Waals surface area contributed by atoms with Crippen LogP contribution in [0.3, 0.4) is 0 Å². The normalized spacial score (nSPS) is 13.4. The molecule has 1 N–H and O–H groups in total. The van der Waals surface area contributed by atoms with Crippen molar-refractivity contribution in [2.24, 2.45) is 0 Å². The summed E-state index contributed by atoms with van der Waals surface area (Å²) < 4.78 is 2.00. The first-order chi connectivity index (χ1) is 9.40. The Morgan fingerprint density at radius 3 is 2.40 bits per heavy atom. The topological polar surface area (TPSA) is 29.9 Å². The molecule has 1 heterocycles. The van der Waals surface area contributed by atoms with Crippen molar-refractivity contribution < 1.29 is 0 Å². The second-order valence-electron chi connectivity index (χ2n) is 6.43. The van der Waals surface area contributed by atoms with E-state index < -0.39 is 0 Å². The van der Waals surface area contributed by atoms with Gasteiger partial charge in [-0.1, -0.05) is 45.0 Å². The lowest BCUT2D eigenvalue weighted by atomic mass is 9.87. The molecule has 3 heteroatoms. The smallest absolute Gasteiger partial charge is 0.0659 e. The summed E-state index contributed by atoms with van der Waals surface area (Å²) in [5.74, 6) is 0. The maximum Gasteiger partial charge on any atom is 0.0659 e. The maximum atomic E-state index is 4.43. The third-order valence-corrected chi connectivity index (χ3v) is 3.75. The molecule has 2 aromatic rings. The second kappa shape index (κ2) is 5.80. The zero-order valence-corrected chi connectivity index (χ0v) is 13.1.